The lowest BCUT2D eigenvalue weighted by molar-refractivity contribution is 0.597. The lowest BCUT2D eigenvalue weighted by atomic mass is 10.0. The Balaban J connectivity index is 2.13. The maximum atomic E-state index is 6.39. The van der Waals surface area contributed by atoms with Gasteiger partial charge >= 0.3 is 0 Å². The summed E-state index contributed by atoms with van der Waals surface area (Å²) in [4.78, 5) is 4.68. The number of pyridine rings is 1. The second-order valence-corrected chi connectivity index (χ2v) is 5.46. The highest BCUT2D eigenvalue weighted by molar-refractivity contribution is 6.31. The van der Waals surface area contributed by atoms with Crippen LogP contribution in [0.1, 0.15) is 29.9 Å². The van der Waals surface area contributed by atoms with Crippen molar-refractivity contribution in [1.82, 2.24) is 14.8 Å². The SMILES string of the molecule is CCn1ncc(Cl)c1C(N)c1cc(C)c2ccccc2n1. The summed E-state index contributed by atoms with van der Waals surface area (Å²) in [5, 5.41) is 5.97. The van der Waals surface area contributed by atoms with Crippen molar-refractivity contribution in [2.24, 2.45) is 5.73 Å². The minimum atomic E-state index is -0.386. The van der Waals surface area contributed by atoms with Crippen LogP contribution in [0, 0.1) is 6.92 Å². The Kier molecular flexibility index (Phi) is 3.66. The van der Waals surface area contributed by atoms with Crippen molar-refractivity contribution in [3.8, 4) is 0 Å². The van der Waals surface area contributed by atoms with Crippen LogP contribution in [0.2, 0.25) is 5.02 Å². The van der Waals surface area contributed by atoms with Crippen molar-refractivity contribution >= 4 is 22.5 Å². The predicted octanol–water partition coefficient (Wildman–Crippen LogP) is 3.46. The molecule has 1 atom stereocenters. The summed E-state index contributed by atoms with van der Waals surface area (Å²) in [6, 6.07) is 9.69. The maximum absolute atomic E-state index is 6.39. The van der Waals surface area contributed by atoms with Crippen LogP contribution in [-0.2, 0) is 6.54 Å². The number of benzene rings is 1. The zero-order chi connectivity index (χ0) is 15.0. The van der Waals surface area contributed by atoms with Crippen molar-refractivity contribution in [1.29, 1.82) is 0 Å². The lowest BCUT2D eigenvalue weighted by Crippen LogP contribution is -2.19. The smallest absolute Gasteiger partial charge is 0.0912 e. The van der Waals surface area contributed by atoms with Crippen LogP contribution >= 0.6 is 11.6 Å². The van der Waals surface area contributed by atoms with Gasteiger partial charge in [0.2, 0.25) is 0 Å². The molecule has 0 radical (unpaired) electrons. The molecular formula is C16H17ClN4. The third-order valence-electron chi connectivity index (χ3n) is 3.69. The molecule has 0 aliphatic heterocycles. The molecule has 3 aromatic rings. The predicted molar refractivity (Wildman–Crippen MR) is 85.4 cm³/mol. The molecule has 4 nitrogen and oxygen atoms in total. The first-order chi connectivity index (χ1) is 10.1. The van der Waals surface area contributed by atoms with E-state index in [1.165, 1.54) is 0 Å². The number of hydrogen-bond acceptors (Lipinski definition) is 3. The number of aryl methyl sites for hydroxylation is 2. The van der Waals surface area contributed by atoms with Crippen LogP contribution in [-0.4, -0.2) is 14.8 Å². The fourth-order valence-corrected chi connectivity index (χ4v) is 2.87. The largest absolute Gasteiger partial charge is 0.318 e. The van der Waals surface area contributed by atoms with E-state index in [1.807, 2.05) is 35.9 Å². The summed E-state index contributed by atoms with van der Waals surface area (Å²) < 4.78 is 1.82. The van der Waals surface area contributed by atoms with Crippen LogP contribution in [0.3, 0.4) is 0 Å². The zero-order valence-electron chi connectivity index (χ0n) is 12.0. The average Bonchev–Trinajstić information content (AvgIpc) is 2.87. The van der Waals surface area contributed by atoms with Gasteiger partial charge in [-0.25, -0.2) is 0 Å². The van der Waals surface area contributed by atoms with E-state index in [0.29, 0.717) is 5.02 Å². The lowest BCUT2D eigenvalue weighted by Gasteiger charge is -2.15. The van der Waals surface area contributed by atoms with E-state index >= 15 is 0 Å². The Morgan fingerprint density at radius 1 is 1.33 bits per heavy atom. The minimum absolute atomic E-state index is 0.386. The summed E-state index contributed by atoms with van der Waals surface area (Å²) in [5.41, 5.74) is 10.1. The van der Waals surface area contributed by atoms with Crippen LogP contribution in [0.5, 0.6) is 0 Å². The van der Waals surface area contributed by atoms with Crippen molar-refractivity contribution < 1.29 is 0 Å². The first kappa shape index (κ1) is 14.0. The molecule has 0 aliphatic carbocycles. The van der Waals surface area contributed by atoms with E-state index in [0.717, 1.165) is 34.4 Å². The van der Waals surface area contributed by atoms with E-state index in [2.05, 4.69) is 23.1 Å². The van der Waals surface area contributed by atoms with Crippen molar-refractivity contribution in [3.05, 3.63) is 58.5 Å². The molecule has 21 heavy (non-hydrogen) atoms. The molecule has 0 spiro atoms. The molecule has 1 unspecified atom stereocenters. The normalized spacial score (nSPS) is 12.8. The number of para-hydroxylation sites is 1. The van der Waals surface area contributed by atoms with E-state index < -0.39 is 0 Å². The minimum Gasteiger partial charge on any atom is -0.318 e. The summed E-state index contributed by atoms with van der Waals surface area (Å²) in [6.07, 6.45) is 1.63. The summed E-state index contributed by atoms with van der Waals surface area (Å²) >= 11 is 6.24. The topological polar surface area (TPSA) is 56.7 Å². The van der Waals surface area contributed by atoms with Crippen molar-refractivity contribution in [2.45, 2.75) is 26.4 Å². The molecule has 0 aliphatic rings. The molecule has 0 bridgehead atoms. The number of nitrogens with zero attached hydrogens (tertiary/aromatic N) is 3. The first-order valence-corrected chi connectivity index (χ1v) is 7.32. The van der Waals surface area contributed by atoms with Crippen LogP contribution < -0.4 is 5.73 Å². The molecule has 108 valence electrons. The third-order valence-corrected chi connectivity index (χ3v) is 3.98. The number of hydrogen-bond donors (Lipinski definition) is 1. The van der Waals surface area contributed by atoms with Gasteiger partial charge in [-0.3, -0.25) is 9.67 Å². The van der Waals surface area contributed by atoms with Gasteiger partial charge < -0.3 is 5.73 Å². The third kappa shape index (κ3) is 2.41. The van der Waals surface area contributed by atoms with E-state index in [9.17, 15) is 0 Å². The Morgan fingerprint density at radius 3 is 2.86 bits per heavy atom. The number of fused-ring (bicyclic) bond motifs is 1. The average molecular weight is 301 g/mol. The highest BCUT2D eigenvalue weighted by atomic mass is 35.5. The molecule has 2 aromatic heterocycles. The monoisotopic (exact) mass is 300 g/mol. The summed E-state index contributed by atoms with van der Waals surface area (Å²) in [7, 11) is 0. The van der Waals surface area contributed by atoms with Gasteiger partial charge in [0.15, 0.2) is 0 Å². The molecule has 2 N–H and O–H groups in total. The zero-order valence-corrected chi connectivity index (χ0v) is 12.8. The standard InChI is InChI=1S/C16H17ClN4/c1-3-21-16(12(17)9-19-21)15(18)14-8-10(2)11-6-4-5-7-13(11)20-14/h4-9,15H,3,18H2,1-2H3. The number of halogens is 1. The quantitative estimate of drug-likeness (QED) is 0.806. The summed E-state index contributed by atoms with van der Waals surface area (Å²) in [5.74, 6) is 0. The van der Waals surface area contributed by atoms with Gasteiger partial charge in [-0.05, 0) is 31.5 Å². The second kappa shape index (κ2) is 5.47. The van der Waals surface area contributed by atoms with Gasteiger partial charge in [0.05, 0.1) is 34.2 Å². The number of aromatic nitrogens is 3. The Morgan fingerprint density at radius 2 is 2.10 bits per heavy atom. The van der Waals surface area contributed by atoms with Crippen molar-refractivity contribution in [3.63, 3.8) is 0 Å². The molecular weight excluding hydrogens is 284 g/mol. The fraction of sp³-hybridized carbons (Fsp3) is 0.250. The molecule has 0 amide bonds. The van der Waals surface area contributed by atoms with E-state index in [4.69, 9.17) is 17.3 Å². The molecule has 5 heteroatoms. The molecule has 0 saturated heterocycles. The molecule has 1 aromatic carbocycles. The highest BCUT2D eigenvalue weighted by Gasteiger charge is 2.20. The van der Waals surface area contributed by atoms with Gasteiger partial charge in [0, 0.05) is 11.9 Å². The summed E-state index contributed by atoms with van der Waals surface area (Å²) in [6.45, 7) is 4.81. The Bertz CT molecular complexity index is 794. The van der Waals surface area contributed by atoms with E-state index in [-0.39, 0.29) is 6.04 Å². The van der Waals surface area contributed by atoms with Gasteiger partial charge in [0.1, 0.15) is 0 Å². The number of rotatable bonds is 3. The first-order valence-electron chi connectivity index (χ1n) is 6.95. The van der Waals surface area contributed by atoms with Crippen molar-refractivity contribution in [2.75, 3.05) is 0 Å². The van der Waals surface area contributed by atoms with Gasteiger partial charge in [0.25, 0.3) is 0 Å². The fourth-order valence-electron chi connectivity index (χ4n) is 2.61. The van der Waals surface area contributed by atoms with Crippen LogP contribution in [0.15, 0.2) is 36.5 Å². The molecule has 2 heterocycles. The number of nitrogens with two attached hydrogens (primary N) is 1. The van der Waals surface area contributed by atoms with Gasteiger partial charge in [-0.1, -0.05) is 29.8 Å². The van der Waals surface area contributed by atoms with Crippen LogP contribution in [0.4, 0.5) is 0 Å². The second-order valence-electron chi connectivity index (χ2n) is 5.05. The Hall–Kier alpha value is -1.91. The maximum Gasteiger partial charge on any atom is 0.0912 e. The van der Waals surface area contributed by atoms with Crippen LogP contribution in [0.25, 0.3) is 10.9 Å². The highest BCUT2D eigenvalue weighted by Crippen LogP contribution is 2.28. The van der Waals surface area contributed by atoms with Gasteiger partial charge in [-0.2, -0.15) is 5.10 Å². The molecule has 0 fully saturated rings. The Labute approximate surface area is 128 Å². The van der Waals surface area contributed by atoms with Gasteiger partial charge in [-0.15, -0.1) is 0 Å². The van der Waals surface area contributed by atoms with E-state index in [1.54, 1.807) is 6.20 Å². The molecule has 3 rings (SSSR count). The molecule has 0 saturated carbocycles.